The van der Waals surface area contributed by atoms with E-state index in [0.717, 1.165) is 23.1 Å². The van der Waals surface area contributed by atoms with E-state index in [0.29, 0.717) is 11.2 Å². The van der Waals surface area contributed by atoms with Gasteiger partial charge in [-0.2, -0.15) is 10.1 Å². The van der Waals surface area contributed by atoms with Crippen molar-refractivity contribution >= 4 is 17.5 Å². The third-order valence-electron chi connectivity index (χ3n) is 5.75. The Labute approximate surface area is 191 Å². The highest BCUT2D eigenvalue weighted by Crippen LogP contribution is 2.29. The van der Waals surface area contributed by atoms with Crippen molar-refractivity contribution < 1.29 is 9.18 Å². The minimum Gasteiger partial charge on any atom is -0.366 e. The third kappa shape index (κ3) is 4.57. The van der Waals surface area contributed by atoms with Crippen LogP contribution in [-0.2, 0) is 0 Å². The van der Waals surface area contributed by atoms with Gasteiger partial charge in [0.25, 0.3) is 5.91 Å². The first-order valence-electron chi connectivity index (χ1n) is 11.0. The number of nitrogens with two attached hydrogens (primary N) is 1. The summed E-state index contributed by atoms with van der Waals surface area (Å²) in [5, 5.41) is 11.8. The van der Waals surface area contributed by atoms with E-state index < -0.39 is 0 Å². The average Bonchev–Trinajstić information content (AvgIpc) is 3.40. The summed E-state index contributed by atoms with van der Waals surface area (Å²) in [6.07, 6.45) is 6.26. The number of carbonyl (C=O) groups excluding carboxylic acids is 1. The molecule has 0 aliphatic rings. The number of hydrogen-bond donors (Lipinski definition) is 2. The number of halogens is 1. The van der Waals surface area contributed by atoms with Crippen molar-refractivity contribution in [3.63, 3.8) is 0 Å². The van der Waals surface area contributed by atoms with Gasteiger partial charge in [-0.3, -0.25) is 9.48 Å². The molecule has 9 heteroatoms. The van der Waals surface area contributed by atoms with Crippen LogP contribution in [0.3, 0.4) is 0 Å². The maximum Gasteiger partial charge on any atom is 0.255 e. The Hall–Kier alpha value is -3.75. The molecule has 3 N–H and O–H groups in total. The van der Waals surface area contributed by atoms with Gasteiger partial charge in [0.2, 0.25) is 5.95 Å². The Bertz CT molecular complexity index is 1280. The Kier molecular flexibility index (Phi) is 6.13. The van der Waals surface area contributed by atoms with Gasteiger partial charge < -0.3 is 11.1 Å². The van der Waals surface area contributed by atoms with Crippen LogP contribution in [0.1, 0.15) is 56.1 Å². The van der Waals surface area contributed by atoms with Crippen LogP contribution >= 0.6 is 0 Å². The number of anilines is 1. The number of fused-ring (bicyclic) bond motifs is 1. The molecule has 3 aromatic heterocycles. The van der Waals surface area contributed by atoms with Gasteiger partial charge in [-0.1, -0.05) is 32.9 Å². The minimum absolute atomic E-state index is 0.0201. The number of benzene rings is 1. The fourth-order valence-electron chi connectivity index (χ4n) is 3.87. The largest absolute Gasteiger partial charge is 0.366 e. The van der Waals surface area contributed by atoms with E-state index in [1.807, 2.05) is 24.7 Å². The number of nitrogen functional groups attached to an aromatic ring is 1. The molecule has 0 fully saturated rings. The SMILES string of the molecule is CC[C@H](C)NC(=O)c1cc(-c2cnn(C(c3ccc(F)cc3)C(C)C)c2)cn2nc(N)nc12. The summed E-state index contributed by atoms with van der Waals surface area (Å²) in [6.45, 7) is 8.14. The van der Waals surface area contributed by atoms with E-state index in [1.54, 1.807) is 30.6 Å². The average molecular weight is 450 g/mol. The zero-order chi connectivity index (χ0) is 23.7. The smallest absolute Gasteiger partial charge is 0.255 e. The number of hydrogen-bond acceptors (Lipinski definition) is 5. The lowest BCUT2D eigenvalue weighted by molar-refractivity contribution is 0.0940. The van der Waals surface area contributed by atoms with Gasteiger partial charge in [0, 0.05) is 29.6 Å². The first-order chi connectivity index (χ1) is 15.8. The van der Waals surface area contributed by atoms with Gasteiger partial charge in [0.15, 0.2) is 5.65 Å². The van der Waals surface area contributed by atoms with Crippen LogP contribution in [0.15, 0.2) is 48.9 Å². The summed E-state index contributed by atoms with van der Waals surface area (Å²) in [5.41, 5.74) is 9.14. The van der Waals surface area contributed by atoms with E-state index >= 15 is 0 Å². The molecule has 0 radical (unpaired) electrons. The standard InChI is InChI=1S/C24H28FN7O/c1-5-15(4)28-23(33)20-10-17(12-32-22(20)29-24(26)30-32)18-11-27-31(13-18)21(14(2)3)16-6-8-19(25)9-7-16/h6-15,21H,5H2,1-4H3,(H2,26,30)(H,28,33)/t15-,21?/m0/s1. The summed E-state index contributed by atoms with van der Waals surface area (Å²) >= 11 is 0. The van der Waals surface area contributed by atoms with Gasteiger partial charge in [0.05, 0.1) is 17.8 Å². The van der Waals surface area contributed by atoms with Crippen molar-refractivity contribution in [3.05, 3.63) is 65.9 Å². The second kappa shape index (κ2) is 9.01. The van der Waals surface area contributed by atoms with Crippen LogP contribution in [-0.4, -0.2) is 36.3 Å². The number of nitrogens with zero attached hydrogens (tertiary/aromatic N) is 5. The molecule has 1 aromatic carbocycles. The summed E-state index contributed by atoms with van der Waals surface area (Å²) in [6, 6.07) is 8.21. The van der Waals surface area contributed by atoms with Gasteiger partial charge >= 0.3 is 0 Å². The molecule has 0 saturated carbocycles. The molecule has 1 unspecified atom stereocenters. The highest BCUT2D eigenvalue weighted by Gasteiger charge is 2.21. The lowest BCUT2D eigenvalue weighted by Crippen LogP contribution is -2.32. The highest BCUT2D eigenvalue weighted by molar-refractivity contribution is 6.01. The van der Waals surface area contributed by atoms with Crippen molar-refractivity contribution in [2.45, 2.75) is 46.2 Å². The van der Waals surface area contributed by atoms with Crippen molar-refractivity contribution in [1.29, 1.82) is 0 Å². The lowest BCUT2D eigenvalue weighted by Gasteiger charge is -2.22. The molecular weight excluding hydrogens is 421 g/mol. The number of amides is 1. The molecule has 33 heavy (non-hydrogen) atoms. The van der Waals surface area contributed by atoms with Gasteiger partial charge in [-0.05, 0) is 43.0 Å². The quantitative estimate of drug-likeness (QED) is 0.442. The zero-order valence-electron chi connectivity index (χ0n) is 19.2. The van der Waals surface area contributed by atoms with Gasteiger partial charge in [0.1, 0.15) is 5.82 Å². The lowest BCUT2D eigenvalue weighted by atomic mass is 9.96. The normalized spacial score (nSPS) is 13.4. The van der Waals surface area contributed by atoms with Crippen molar-refractivity contribution in [2.75, 3.05) is 5.73 Å². The van der Waals surface area contributed by atoms with Crippen molar-refractivity contribution in [2.24, 2.45) is 5.92 Å². The van der Waals surface area contributed by atoms with E-state index in [9.17, 15) is 9.18 Å². The molecule has 172 valence electrons. The summed E-state index contributed by atoms with van der Waals surface area (Å²) in [4.78, 5) is 17.2. The van der Waals surface area contributed by atoms with Crippen LogP contribution in [0.2, 0.25) is 0 Å². The molecule has 4 rings (SSSR count). The van der Waals surface area contributed by atoms with E-state index in [2.05, 4.69) is 34.3 Å². The van der Waals surface area contributed by atoms with Crippen LogP contribution < -0.4 is 11.1 Å². The minimum atomic E-state index is -0.272. The fourth-order valence-corrected chi connectivity index (χ4v) is 3.87. The van der Waals surface area contributed by atoms with Crippen molar-refractivity contribution in [3.8, 4) is 11.1 Å². The van der Waals surface area contributed by atoms with E-state index in [4.69, 9.17) is 5.73 Å². The van der Waals surface area contributed by atoms with Crippen LogP contribution in [0.5, 0.6) is 0 Å². The van der Waals surface area contributed by atoms with E-state index in [1.165, 1.54) is 16.6 Å². The van der Waals surface area contributed by atoms with Gasteiger partial charge in [-0.15, -0.1) is 5.10 Å². The number of nitrogens with one attached hydrogen (secondary N) is 1. The summed E-state index contributed by atoms with van der Waals surface area (Å²) < 4.78 is 16.8. The Balaban J connectivity index is 1.75. The molecule has 0 aliphatic carbocycles. The molecule has 8 nitrogen and oxygen atoms in total. The van der Waals surface area contributed by atoms with Crippen LogP contribution in [0.25, 0.3) is 16.8 Å². The number of aromatic nitrogens is 5. The fraction of sp³-hybridized carbons (Fsp3) is 0.333. The zero-order valence-corrected chi connectivity index (χ0v) is 19.2. The van der Waals surface area contributed by atoms with Crippen LogP contribution in [0, 0.1) is 11.7 Å². The summed E-state index contributed by atoms with van der Waals surface area (Å²) in [7, 11) is 0. The molecule has 1 amide bonds. The molecular formula is C24H28FN7O. The molecule has 0 spiro atoms. The number of carbonyl (C=O) groups is 1. The molecule has 0 saturated heterocycles. The maximum absolute atomic E-state index is 13.4. The first-order valence-corrected chi connectivity index (χ1v) is 11.0. The molecule has 3 heterocycles. The van der Waals surface area contributed by atoms with Gasteiger partial charge in [-0.25, -0.2) is 8.91 Å². The maximum atomic E-state index is 13.4. The predicted molar refractivity (Wildman–Crippen MR) is 125 cm³/mol. The molecule has 2 atom stereocenters. The second-order valence-electron chi connectivity index (χ2n) is 8.61. The molecule has 0 bridgehead atoms. The Morgan fingerprint density at radius 2 is 1.88 bits per heavy atom. The Morgan fingerprint density at radius 1 is 1.15 bits per heavy atom. The van der Waals surface area contributed by atoms with E-state index in [-0.39, 0.29) is 35.7 Å². The van der Waals surface area contributed by atoms with Crippen molar-refractivity contribution in [1.82, 2.24) is 29.7 Å². The number of pyridine rings is 1. The monoisotopic (exact) mass is 449 g/mol. The second-order valence-corrected chi connectivity index (χ2v) is 8.61. The number of rotatable bonds is 7. The first kappa shape index (κ1) is 22.4. The molecule has 4 aromatic rings. The predicted octanol–water partition coefficient (Wildman–Crippen LogP) is 4.09. The van der Waals surface area contributed by atoms with Crippen LogP contribution in [0.4, 0.5) is 10.3 Å². The highest BCUT2D eigenvalue weighted by atomic mass is 19.1. The Morgan fingerprint density at radius 3 is 2.55 bits per heavy atom. The molecule has 0 aliphatic heterocycles. The third-order valence-corrected chi connectivity index (χ3v) is 5.75. The summed E-state index contributed by atoms with van der Waals surface area (Å²) in [5.74, 6) is -0.192. The topological polar surface area (TPSA) is 103 Å².